The third-order valence-corrected chi connectivity index (χ3v) is 3.89. The van der Waals surface area contributed by atoms with Gasteiger partial charge in [0.1, 0.15) is 12.4 Å². The molecule has 0 aliphatic carbocycles. The Morgan fingerprint density at radius 3 is 2.95 bits per heavy atom. The summed E-state index contributed by atoms with van der Waals surface area (Å²) in [6.45, 7) is 4.40. The molecule has 0 aliphatic rings. The molecule has 1 N–H and O–H groups in total. The van der Waals surface area contributed by atoms with Crippen molar-refractivity contribution < 1.29 is 14.6 Å². The van der Waals surface area contributed by atoms with Crippen molar-refractivity contribution in [1.82, 2.24) is 4.98 Å². The van der Waals surface area contributed by atoms with E-state index in [2.05, 4.69) is 11.9 Å². The van der Waals surface area contributed by atoms with Crippen LogP contribution in [0.2, 0.25) is 0 Å². The summed E-state index contributed by atoms with van der Waals surface area (Å²) in [5.74, 6) is -0.321. The number of ether oxygens (including phenoxy) is 1. The van der Waals surface area contributed by atoms with E-state index < -0.39 is 5.97 Å². The fraction of sp³-hybridized carbons (Fsp3) is 0.250. The lowest BCUT2D eigenvalue weighted by Crippen LogP contribution is -1.98. The van der Waals surface area contributed by atoms with Crippen LogP contribution in [0.4, 0.5) is 0 Å². The van der Waals surface area contributed by atoms with E-state index in [1.165, 1.54) is 0 Å². The summed E-state index contributed by atoms with van der Waals surface area (Å²) in [5, 5.41) is 11.8. The largest absolute Gasteiger partial charge is 0.487 e. The molecule has 21 heavy (non-hydrogen) atoms. The molecule has 0 amide bonds. The standard InChI is InChI=1S/C16H17NO3S/c1-3-15-17-13(10-21-15)9-20-14-6-4-11(2)8-12(14)5-7-16(18)19/h4-8,10H,3,9H2,1-2H3,(H,18,19). The number of carboxylic acid groups (broad SMARTS) is 1. The maximum Gasteiger partial charge on any atom is 0.328 e. The number of carbonyl (C=O) groups is 1. The second-order valence-electron chi connectivity index (χ2n) is 4.59. The molecule has 0 saturated carbocycles. The number of hydrogen-bond donors (Lipinski definition) is 1. The number of aliphatic carboxylic acids is 1. The molecule has 1 heterocycles. The molecule has 1 aromatic carbocycles. The summed E-state index contributed by atoms with van der Waals surface area (Å²) in [6, 6.07) is 5.68. The van der Waals surface area contributed by atoms with Crippen LogP contribution < -0.4 is 4.74 Å². The Morgan fingerprint density at radius 2 is 2.29 bits per heavy atom. The topological polar surface area (TPSA) is 59.4 Å². The van der Waals surface area contributed by atoms with Gasteiger partial charge in [-0.25, -0.2) is 9.78 Å². The van der Waals surface area contributed by atoms with Gasteiger partial charge in [0, 0.05) is 17.0 Å². The SMILES string of the molecule is CCc1nc(COc2ccc(C)cc2C=CC(=O)O)cs1. The predicted octanol–water partition coefficient (Wildman–Crippen LogP) is 3.69. The normalized spacial score (nSPS) is 11.0. The molecule has 1 aromatic heterocycles. The van der Waals surface area contributed by atoms with Crippen LogP contribution in [-0.2, 0) is 17.8 Å². The van der Waals surface area contributed by atoms with Gasteiger partial charge in [-0.3, -0.25) is 0 Å². The second kappa shape index (κ2) is 7.04. The first-order chi connectivity index (χ1) is 10.1. The van der Waals surface area contributed by atoms with Crippen LogP contribution in [0.3, 0.4) is 0 Å². The van der Waals surface area contributed by atoms with Crippen molar-refractivity contribution in [2.75, 3.05) is 0 Å². The smallest absolute Gasteiger partial charge is 0.328 e. The van der Waals surface area contributed by atoms with Crippen LogP contribution in [0.15, 0.2) is 29.7 Å². The number of aromatic nitrogens is 1. The average Bonchev–Trinajstić information content (AvgIpc) is 2.92. The molecule has 2 aromatic rings. The molecule has 0 radical (unpaired) electrons. The van der Waals surface area contributed by atoms with Crippen molar-refractivity contribution in [1.29, 1.82) is 0 Å². The van der Waals surface area contributed by atoms with E-state index in [9.17, 15) is 4.79 Å². The van der Waals surface area contributed by atoms with Gasteiger partial charge in [-0.05, 0) is 31.6 Å². The molecule has 0 bridgehead atoms. The van der Waals surface area contributed by atoms with Gasteiger partial charge in [-0.1, -0.05) is 18.6 Å². The Balaban J connectivity index is 2.13. The van der Waals surface area contributed by atoms with Gasteiger partial charge in [0.05, 0.1) is 10.7 Å². The van der Waals surface area contributed by atoms with Crippen LogP contribution in [-0.4, -0.2) is 16.1 Å². The molecule has 0 spiro atoms. The highest BCUT2D eigenvalue weighted by Gasteiger charge is 2.05. The van der Waals surface area contributed by atoms with Crippen molar-refractivity contribution in [3.63, 3.8) is 0 Å². The third-order valence-electron chi connectivity index (χ3n) is 2.85. The number of nitrogens with zero attached hydrogens (tertiary/aromatic N) is 1. The number of thiazole rings is 1. The Bertz CT molecular complexity index is 661. The molecule has 0 unspecified atom stereocenters. The average molecular weight is 303 g/mol. The van der Waals surface area contributed by atoms with E-state index in [1.54, 1.807) is 17.4 Å². The molecule has 4 nitrogen and oxygen atoms in total. The highest BCUT2D eigenvalue weighted by molar-refractivity contribution is 7.09. The van der Waals surface area contributed by atoms with Gasteiger partial charge in [-0.15, -0.1) is 11.3 Å². The Morgan fingerprint density at radius 1 is 1.48 bits per heavy atom. The van der Waals surface area contributed by atoms with Gasteiger partial charge in [0.25, 0.3) is 0 Å². The number of carboxylic acids is 1. The molecule has 0 saturated heterocycles. The monoisotopic (exact) mass is 303 g/mol. The van der Waals surface area contributed by atoms with Crippen LogP contribution in [0.25, 0.3) is 6.08 Å². The molecule has 0 aliphatic heterocycles. The zero-order valence-electron chi connectivity index (χ0n) is 12.0. The first-order valence-corrected chi connectivity index (χ1v) is 7.54. The van der Waals surface area contributed by atoms with Gasteiger partial charge < -0.3 is 9.84 Å². The van der Waals surface area contributed by atoms with Gasteiger partial charge in [0.2, 0.25) is 0 Å². The minimum atomic E-state index is -0.977. The highest BCUT2D eigenvalue weighted by atomic mass is 32.1. The van der Waals surface area contributed by atoms with Crippen LogP contribution in [0.1, 0.15) is 28.8 Å². The minimum Gasteiger partial charge on any atom is -0.487 e. The Hall–Kier alpha value is -2.14. The van der Waals surface area contributed by atoms with E-state index >= 15 is 0 Å². The zero-order chi connectivity index (χ0) is 15.2. The van der Waals surface area contributed by atoms with E-state index in [0.717, 1.165) is 34.3 Å². The van der Waals surface area contributed by atoms with Crippen molar-refractivity contribution in [3.05, 3.63) is 51.5 Å². The second-order valence-corrected chi connectivity index (χ2v) is 5.53. The van der Waals surface area contributed by atoms with Crippen molar-refractivity contribution in [2.24, 2.45) is 0 Å². The molecule has 0 atom stereocenters. The lowest BCUT2D eigenvalue weighted by molar-refractivity contribution is -0.131. The molecule has 0 fully saturated rings. The van der Waals surface area contributed by atoms with E-state index in [-0.39, 0.29) is 0 Å². The van der Waals surface area contributed by atoms with Crippen LogP contribution >= 0.6 is 11.3 Å². The number of benzene rings is 1. The van der Waals surface area contributed by atoms with Crippen molar-refractivity contribution in [3.8, 4) is 5.75 Å². The fourth-order valence-corrected chi connectivity index (χ4v) is 2.55. The minimum absolute atomic E-state index is 0.382. The summed E-state index contributed by atoms with van der Waals surface area (Å²) in [7, 11) is 0. The lowest BCUT2D eigenvalue weighted by atomic mass is 10.1. The summed E-state index contributed by atoms with van der Waals surface area (Å²) in [6.07, 6.45) is 3.57. The summed E-state index contributed by atoms with van der Waals surface area (Å²) in [5.41, 5.74) is 2.70. The Labute approximate surface area is 127 Å². The van der Waals surface area contributed by atoms with Crippen LogP contribution in [0.5, 0.6) is 5.75 Å². The van der Waals surface area contributed by atoms with E-state index in [4.69, 9.17) is 9.84 Å². The molecular weight excluding hydrogens is 286 g/mol. The lowest BCUT2D eigenvalue weighted by Gasteiger charge is -2.09. The highest BCUT2D eigenvalue weighted by Crippen LogP contribution is 2.23. The van der Waals surface area contributed by atoms with Crippen molar-refractivity contribution in [2.45, 2.75) is 26.9 Å². The Kier molecular flexibility index (Phi) is 5.11. The fourth-order valence-electron chi connectivity index (χ4n) is 1.82. The summed E-state index contributed by atoms with van der Waals surface area (Å²) >= 11 is 1.62. The van der Waals surface area contributed by atoms with Gasteiger partial charge in [-0.2, -0.15) is 0 Å². The first-order valence-electron chi connectivity index (χ1n) is 6.66. The number of rotatable bonds is 6. The third kappa shape index (κ3) is 4.43. The maximum atomic E-state index is 10.6. The molecule has 2 rings (SSSR count). The zero-order valence-corrected chi connectivity index (χ0v) is 12.8. The summed E-state index contributed by atoms with van der Waals surface area (Å²) < 4.78 is 5.77. The maximum absolute atomic E-state index is 10.6. The first kappa shape index (κ1) is 15.3. The van der Waals surface area contributed by atoms with Gasteiger partial charge >= 0.3 is 5.97 Å². The van der Waals surface area contributed by atoms with Crippen molar-refractivity contribution >= 4 is 23.4 Å². The molecule has 110 valence electrons. The van der Waals surface area contributed by atoms with Crippen LogP contribution in [0, 0.1) is 6.92 Å². The number of hydrogen-bond acceptors (Lipinski definition) is 4. The predicted molar refractivity (Wildman–Crippen MR) is 83.7 cm³/mol. The van der Waals surface area contributed by atoms with Gasteiger partial charge in [0.15, 0.2) is 0 Å². The quantitative estimate of drug-likeness (QED) is 0.827. The summed E-state index contributed by atoms with van der Waals surface area (Å²) in [4.78, 5) is 15.1. The van der Waals surface area contributed by atoms with E-state index in [1.807, 2.05) is 30.5 Å². The number of aryl methyl sites for hydroxylation is 2. The van der Waals surface area contributed by atoms with E-state index in [0.29, 0.717) is 12.4 Å². The molecule has 5 heteroatoms. The molecular formula is C16H17NO3S.